The van der Waals surface area contributed by atoms with E-state index in [0.29, 0.717) is 5.56 Å². The molecule has 21 heavy (non-hydrogen) atoms. The Kier molecular flexibility index (Phi) is 5.88. The van der Waals surface area contributed by atoms with Crippen LogP contribution < -0.4 is 5.73 Å². The maximum Gasteiger partial charge on any atom is 0.243 e. The molecule has 1 aromatic carbocycles. The van der Waals surface area contributed by atoms with Gasteiger partial charge in [-0.2, -0.15) is 4.31 Å². The number of benzene rings is 1. The van der Waals surface area contributed by atoms with E-state index >= 15 is 0 Å². The average Bonchev–Trinajstić information content (AvgIpc) is 2.37. The molecule has 118 valence electrons. The van der Waals surface area contributed by atoms with Gasteiger partial charge in [0, 0.05) is 6.54 Å². The zero-order valence-electron chi connectivity index (χ0n) is 12.5. The number of hydrogen-bond acceptors (Lipinski definition) is 4. The SMILES string of the molecule is CC(C)CN(CC(N)=O)S(=O)(=O)c1ccc(C(C)O)cc1. The molecule has 0 aliphatic heterocycles. The quantitative estimate of drug-likeness (QED) is 0.780. The molecule has 0 fully saturated rings. The highest BCUT2D eigenvalue weighted by Gasteiger charge is 2.26. The summed E-state index contributed by atoms with van der Waals surface area (Å²) in [7, 11) is -3.78. The largest absolute Gasteiger partial charge is 0.389 e. The van der Waals surface area contributed by atoms with Gasteiger partial charge in [0.05, 0.1) is 17.5 Å². The Morgan fingerprint density at radius 2 is 1.76 bits per heavy atom. The molecule has 1 atom stereocenters. The summed E-state index contributed by atoms with van der Waals surface area (Å²) in [6.07, 6.45) is -0.667. The lowest BCUT2D eigenvalue weighted by Gasteiger charge is -2.22. The highest BCUT2D eigenvalue weighted by Crippen LogP contribution is 2.20. The lowest BCUT2D eigenvalue weighted by molar-refractivity contribution is -0.118. The van der Waals surface area contributed by atoms with Gasteiger partial charge in [0.25, 0.3) is 0 Å². The van der Waals surface area contributed by atoms with Crippen LogP contribution in [0.5, 0.6) is 0 Å². The van der Waals surface area contributed by atoms with Crippen molar-refractivity contribution < 1.29 is 18.3 Å². The van der Waals surface area contributed by atoms with Crippen LogP contribution in [0.15, 0.2) is 29.2 Å². The van der Waals surface area contributed by atoms with E-state index in [1.54, 1.807) is 19.1 Å². The fourth-order valence-corrected chi connectivity index (χ4v) is 3.47. The fraction of sp³-hybridized carbons (Fsp3) is 0.500. The second-order valence-corrected chi connectivity index (χ2v) is 7.34. The van der Waals surface area contributed by atoms with E-state index in [1.807, 2.05) is 13.8 Å². The average molecular weight is 314 g/mol. The predicted molar refractivity (Wildman–Crippen MR) is 79.9 cm³/mol. The van der Waals surface area contributed by atoms with Crippen molar-refractivity contribution in [2.24, 2.45) is 11.7 Å². The van der Waals surface area contributed by atoms with Crippen molar-refractivity contribution in [1.82, 2.24) is 4.31 Å². The van der Waals surface area contributed by atoms with Crippen molar-refractivity contribution in [3.63, 3.8) is 0 Å². The second kappa shape index (κ2) is 7.02. The molecule has 7 heteroatoms. The molecule has 0 bridgehead atoms. The molecule has 0 aliphatic carbocycles. The van der Waals surface area contributed by atoms with Crippen LogP contribution >= 0.6 is 0 Å². The molecule has 0 aromatic heterocycles. The molecule has 0 heterocycles. The first-order valence-corrected chi connectivity index (χ1v) is 8.15. The molecule has 1 amide bonds. The van der Waals surface area contributed by atoms with E-state index in [0.717, 1.165) is 4.31 Å². The lowest BCUT2D eigenvalue weighted by Crippen LogP contribution is -2.40. The molecule has 0 aliphatic rings. The number of carbonyl (C=O) groups excluding carboxylic acids is 1. The Bertz CT molecular complexity index is 579. The molecule has 6 nitrogen and oxygen atoms in total. The smallest absolute Gasteiger partial charge is 0.243 e. The number of hydrogen-bond donors (Lipinski definition) is 2. The fourth-order valence-electron chi connectivity index (χ4n) is 1.90. The third kappa shape index (κ3) is 4.80. The summed E-state index contributed by atoms with van der Waals surface area (Å²) in [5.41, 5.74) is 5.75. The topological polar surface area (TPSA) is 101 Å². The van der Waals surface area contributed by atoms with Crippen LogP contribution in [0.25, 0.3) is 0 Å². The van der Waals surface area contributed by atoms with E-state index in [9.17, 15) is 18.3 Å². The van der Waals surface area contributed by atoms with Crippen LogP contribution in [0.4, 0.5) is 0 Å². The van der Waals surface area contributed by atoms with Gasteiger partial charge >= 0.3 is 0 Å². The van der Waals surface area contributed by atoms with Crippen molar-refractivity contribution in [3.8, 4) is 0 Å². The van der Waals surface area contributed by atoms with Crippen LogP contribution in [-0.2, 0) is 14.8 Å². The first-order chi connectivity index (χ1) is 9.64. The number of nitrogens with two attached hydrogens (primary N) is 1. The van der Waals surface area contributed by atoms with Crippen LogP contribution in [0.1, 0.15) is 32.4 Å². The number of sulfonamides is 1. The highest BCUT2D eigenvalue weighted by molar-refractivity contribution is 7.89. The molecule has 0 spiro atoms. The second-order valence-electron chi connectivity index (χ2n) is 5.40. The Labute approximate surface area is 125 Å². The van der Waals surface area contributed by atoms with Gasteiger partial charge in [0.2, 0.25) is 15.9 Å². The Morgan fingerprint density at radius 3 is 2.14 bits per heavy atom. The van der Waals surface area contributed by atoms with Gasteiger partial charge in [0.1, 0.15) is 0 Å². The number of aliphatic hydroxyl groups is 1. The maximum absolute atomic E-state index is 12.5. The normalized spacial score (nSPS) is 13.6. The Morgan fingerprint density at radius 1 is 1.24 bits per heavy atom. The van der Waals surface area contributed by atoms with Crippen molar-refractivity contribution in [1.29, 1.82) is 0 Å². The molecule has 1 unspecified atom stereocenters. The lowest BCUT2D eigenvalue weighted by atomic mass is 10.1. The standard InChI is InChI=1S/C14H22N2O4S/c1-10(2)8-16(9-14(15)18)21(19,20)13-6-4-12(5-7-13)11(3)17/h4-7,10-11,17H,8-9H2,1-3H3,(H2,15,18). The first-order valence-electron chi connectivity index (χ1n) is 6.71. The minimum Gasteiger partial charge on any atom is -0.389 e. The van der Waals surface area contributed by atoms with Crippen LogP contribution in [0.2, 0.25) is 0 Å². The number of carbonyl (C=O) groups is 1. The predicted octanol–water partition coefficient (Wildman–Crippen LogP) is 0.872. The Hall–Kier alpha value is -1.44. The number of nitrogens with zero attached hydrogens (tertiary/aromatic N) is 1. The number of primary amides is 1. The zero-order chi connectivity index (χ0) is 16.2. The molecular weight excluding hydrogens is 292 g/mol. The van der Waals surface area contributed by atoms with E-state index < -0.39 is 22.0 Å². The van der Waals surface area contributed by atoms with Crippen molar-refractivity contribution in [3.05, 3.63) is 29.8 Å². The van der Waals surface area contributed by atoms with Gasteiger partial charge in [-0.3, -0.25) is 4.79 Å². The third-order valence-corrected chi connectivity index (χ3v) is 4.73. The summed E-state index contributed by atoms with van der Waals surface area (Å²) in [6, 6.07) is 5.95. The maximum atomic E-state index is 12.5. The molecule has 1 aromatic rings. The highest BCUT2D eigenvalue weighted by atomic mass is 32.2. The van der Waals surface area contributed by atoms with E-state index in [4.69, 9.17) is 5.73 Å². The van der Waals surface area contributed by atoms with Crippen LogP contribution in [0, 0.1) is 5.92 Å². The zero-order valence-corrected chi connectivity index (χ0v) is 13.3. The molecule has 1 rings (SSSR count). The summed E-state index contributed by atoms with van der Waals surface area (Å²) in [6.45, 7) is 5.18. The monoisotopic (exact) mass is 314 g/mol. The molecule has 3 N–H and O–H groups in total. The summed E-state index contributed by atoms with van der Waals surface area (Å²) in [5, 5.41) is 9.44. The van der Waals surface area contributed by atoms with Gasteiger partial charge in [-0.25, -0.2) is 8.42 Å². The number of aliphatic hydroxyl groups excluding tert-OH is 1. The van der Waals surface area contributed by atoms with E-state index in [2.05, 4.69) is 0 Å². The van der Waals surface area contributed by atoms with Crippen molar-refractivity contribution in [2.45, 2.75) is 31.8 Å². The van der Waals surface area contributed by atoms with Gasteiger partial charge in [0.15, 0.2) is 0 Å². The minimum atomic E-state index is -3.78. The molecular formula is C14H22N2O4S. The summed E-state index contributed by atoms with van der Waals surface area (Å²) < 4.78 is 26.2. The van der Waals surface area contributed by atoms with Gasteiger partial charge in [-0.1, -0.05) is 26.0 Å². The van der Waals surface area contributed by atoms with E-state index in [1.165, 1.54) is 12.1 Å². The van der Waals surface area contributed by atoms with Gasteiger partial charge in [-0.05, 0) is 30.5 Å². The van der Waals surface area contributed by atoms with Crippen LogP contribution in [-0.4, -0.2) is 36.8 Å². The van der Waals surface area contributed by atoms with E-state index in [-0.39, 0.29) is 23.9 Å². The van der Waals surface area contributed by atoms with Gasteiger partial charge in [-0.15, -0.1) is 0 Å². The summed E-state index contributed by atoms with van der Waals surface area (Å²) >= 11 is 0. The molecule has 0 saturated heterocycles. The minimum absolute atomic E-state index is 0.0656. The summed E-state index contributed by atoms with van der Waals surface area (Å²) in [4.78, 5) is 11.2. The molecule has 0 saturated carbocycles. The summed E-state index contributed by atoms with van der Waals surface area (Å²) in [5.74, 6) is -0.629. The first kappa shape index (κ1) is 17.6. The third-order valence-electron chi connectivity index (χ3n) is 2.90. The number of rotatable bonds is 7. The Balaban J connectivity index is 3.12. The molecule has 0 radical (unpaired) electrons. The van der Waals surface area contributed by atoms with Gasteiger partial charge < -0.3 is 10.8 Å². The van der Waals surface area contributed by atoms with Crippen LogP contribution in [0.3, 0.4) is 0 Å². The number of amides is 1. The van der Waals surface area contributed by atoms with Crippen molar-refractivity contribution >= 4 is 15.9 Å². The van der Waals surface area contributed by atoms with Crippen molar-refractivity contribution in [2.75, 3.05) is 13.1 Å².